The summed E-state index contributed by atoms with van der Waals surface area (Å²) in [6, 6.07) is 11.1. The summed E-state index contributed by atoms with van der Waals surface area (Å²) >= 11 is 0. The van der Waals surface area contributed by atoms with Crippen LogP contribution in [-0.4, -0.2) is 9.97 Å². The van der Waals surface area contributed by atoms with E-state index in [9.17, 15) is 4.79 Å². The Hall–Kier alpha value is -2.69. The first-order valence-electron chi connectivity index (χ1n) is 5.40. The smallest absolute Gasteiger partial charge is 0.303 e. The molecule has 18 heavy (non-hydrogen) atoms. The highest BCUT2D eigenvalue weighted by atomic mass is 16.4. The number of fused-ring (bicyclic) bond motifs is 1. The van der Waals surface area contributed by atoms with Crippen molar-refractivity contribution in [3.8, 4) is 0 Å². The van der Waals surface area contributed by atoms with E-state index in [0.29, 0.717) is 11.0 Å². The van der Waals surface area contributed by atoms with Crippen LogP contribution in [0.1, 0.15) is 0 Å². The molecule has 2 aromatic heterocycles. The molecule has 0 fully saturated rings. The Kier molecular flexibility index (Phi) is 2.49. The van der Waals surface area contributed by atoms with E-state index in [4.69, 9.17) is 4.42 Å². The highest BCUT2D eigenvalue weighted by molar-refractivity contribution is 5.75. The SMILES string of the molecule is O=c1nc(Nc2ccccc2)oc2cnccc12. The van der Waals surface area contributed by atoms with Gasteiger partial charge in [0.05, 0.1) is 11.6 Å². The molecule has 3 rings (SSSR count). The molecule has 0 amide bonds. The van der Waals surface area contributed by atoms with Crippen LogP contribution in [0.5, 0.6) is 0 Å². The first-order chi connectivity index (χ1) is 8.83. The van der Waals surface area contributed by atoms with E-state index in [1.165, 1.54) is 12.4 Å². The van der Waals surface area contributed by atoms with Crippen molar-refractivity contribution in [2.75, 3.05) is 5.32 Å². The topological polar surface area (TPSA) is 68.0 Å². The van der Waals surface area contributed by atoms with Crippen molar-refractivity contribution < 1.29 is 4.42 Å². The molecule has 5 heteroatoms. The standard InChI is InChI=1S/C13H9N3O2/c17-12-10-6-7-14-8-11(10)18-13(16-12)15-9-4-2-1-3-5-9/h1-8H,(H,15,16,17). The molecule has 0 aliphatic rings. The lowest BCUT2D eigenvalue weighted by Gasteiger charge is -2.04. The van der Waals surface area contributed by atoms with Crippen LogP contribution in [0.15, 0.2) is 58.0 Å². The second-order valence-electron chi connectivity index (χ2n) is 3.69. The minimum Gasteiger partial charge on any atom is -0.423 e. The summed E-state index contributed by atoms with van der Waals surface area (Å²) in [5.74, 6) is 0. The van der Waals surface area contributed by atoms with E-state index in [2.05, 4.69) is 15.3 Å². The van der Waals surface area contributed by atoms with Crippen molar-refractivity contribution in [3.05, 3.63) is 59.1 Å². The maximum atomic E-state index is 11.8. The molecular weight excluding hydrogens is 230 g/mol. The molecule has 0 spiro atoms. The molecule has 2 heterocycles. The van der Waals surface area contributed by atoms with Crippen LogP contribution in [0, 0.1) is 0 Å². The Morgan fingerprint density at radius 2 is 1.94 bits per heavy atom. The molecule has 0 atom stereocenters. The summed E-state index contributed by atoms with van der Waals surface area (Å²) in [5.41, 5.74) is 0.879. The number of aromatic nitrogens is 2. The summed E-state index contributed by atoms with van der Waals surface area (Å²) in [5, 5.41) is 3.35. The third-order valence-electron chi connectivity index (χ3n) is 2.45. The van der Waals surface area contributed by atoms with Crippen LogP contribution in [0.3, 0.4) is 0 Å². The third-order valence-corrected chi connectivity index (χ3v) is 2.45. The predicted molar refractivity (Wildman–Crippen MR) is 67.8 cm³/mol. The van der Waals surface area contributed by atoms with E-state index >= 15 is 0 Å². The number of benzene rings is 1. The maximum absolute atomic E-state index is 11.8. The van der Waals surface area contributed by atoms with E-state index in [1.54, 1.807) is 6.07 Å². The number of para-hydroxylation sites is 1. The lowest BCUT2D eigenvalue weighted by atomic mass is 10.3. The van der Waals surface area contributed by atoms with Crippen LogP contribution in [0.4, 0.5) is 11.7 Å². The molecule has 0 unspecified atom stereocenters. The normalized spacial score (nSPS) is 10.4. The van der Waals surface area contributed by atoms with E-state index < -0.39 is 0 Å². The first-order valence-corrected chi connectivity index (χ1v) is 5.40. The minimum atomic E-state index is -0.336. The van der Waals surface area contributed by atoms with Gasteiger partial charge in [-0.3, -0.25) is 9.78 Å². The van der Waals surface area contributed by atoms with Crippen LogP contribution < -0.4 is 10.9 Å². The highest BCUT2D eigenvalue weighted by Crippen LogP contribution is 2.16. The van der Waals surface area contributed by atoms with Gasteiger partial charge in [-0.2, -0.15) is 4.98 Å². The predicted octanol–water partition coefficient (Wildman–Crippen LogP) is 2.33. The van der Waals surface area contributed by atoms with Gasteiger partial charge >= 0.3 is 6.01 Å². The Labute approximate surface area is 102 Å². The number of nitrogens with zero attached hydrogens (tertiary/aromatic N) is 2. The molecule has 0 aliphatic carbocycles. The number of hydrogen-bond donors (Lipinski definition) is 1. The number of pyridine rings is 1. The number of nitrogens with one attached hydrogen (secondary N) is 1. The van der Waals surface area contributed by atoms with Crippen molar-refractivity contribution >= 4 is 22.7 Å². The van der Waals surface area contributed by atoms with Gasteiger partial charge in [-0.15, -0.1) is 0 Å². The summed E-state index contributed by atoms with van der Waals surface area (Å²) in [6.45, 7) is 0. The van der Waals surface area contributed by atoms with Crippen molar-refractivity contribution in [2.45, 2.75) is 0 Å². The van der Waals surface area contributed by atoms with Gasteiger partial charge in [0, 0.05) is 11.9 Å². The van der Waals surface area contributed by atoms with Crippen molar-refractivity contribution in [1.29, 1.82) is 0 Å². The molecule has 0 saturated carbocycles. The molecule has 1 aromatic carbocycles. The van der Waals surface area contributed by atoms with E-state index in [0.717, 1.165) is 5.69 Å². The van der Waals surface area contributed by atoms with Gasteiger partial charge in [0.2, 0.25) is 0 Å². The first kappa shape index (κ1) is 10.5. The molecule has 0 saturated heterocycles. The van der Waals surface area contributed by atoms with Gasteiger partial charge in [-0.05, 0) is 18.2 Å². The summed E-state index contributed by atoms with van der Waals surface area (Å²) in [7, 11) is 0. The Morgan fingerprint density at radius 3 is 2.78 bits per heavy atom. The molecule has 88 valence electrons. The van der Waals surface area contributed by atoms with Gasteiger partial charge in [-0.25, -0.2) is 0 Å². The van der Waals surface area contributed by atoms with Gasteiger partial charge in [0.1, 0.15) is 0 Å². The average Bonchev–Trinajstić information content (AvgIpc) is 2.40. The number of hydrogen-bond acceptors (Lipinski definition) is 5. The average molecular weight is 239 g/mol. The number of anilines is 2. The summed E-state index contributed by atoms with van der Waals surface area (Å²) in [4.78, 5) is 19.5. The van der Waals surface area contributed by atoms with Crippen molar-refractivity contribution in [2.24, 2.45) is 0 Å². The quantitative estimate of drug-likeness (QED) is 0.743. The van der Waals surface area contributed by atoms with Crippen molar-refractivity contribution in [3.63, 3.8) is 0 Å². The van der Waals surface area contributed by atoms with Crippen LogP contribution in [0.25, 0.3) is 11.0 Å². The molecule has 0 radical (unpaired) electrons. The Morgan fingerprint density at radius 1 is 1.11 bits per heavy atom. The molecule has 3 aromatic rings. The minimum absolute atomic E-state index is 0.159. The lowest BCUT2D eigenvalue weighted by molar-refractivity contribution is 0.597. The van der Waals surface area contributed by atoms with Gasteiger partial charge < -0.3 is 9.73 Å². The van der Waals surface area contributed by atoms with Gasteiger partial charge in [-0.1, -0.05) is 18.2 Å². The second kappa shape index (κ2) is 4.29. The van der Waals surface area contributed by atoms with Gasteiger partial charge in [0.25, 0.3) is 5.56 Å². The Bertz CT molecular complexity index is 738. The fraction of sp³-hybridized carbons (Fsp3) is 0. The molecular formula is C13H9N3O2. The molecule has 0 bridgehead atoms. The maximum Gasteiger partial charge on any atom is 0.303 e. The highest BCUT2D eigenvalue weighted by Gasteiger charge is 2.05. The summed E-state index contributed by atoms with van der Waals surface area (Å²) in [6.07, 6.45) is 3.03. The molecule has 0 aliphatic heterocycles. The van der Waals surface area contributed by atoms with E-state index in [-0.39, 0.29) is 11.6 Å². The number of rotatable bonds is 2. The zero-order valence-corrected chi connectivity index (χ0v) is 9.33. The van der Waals surface area contributed by atoms with Crippen LogP contribution in [0.2, 0.25) is 0 Å². The van der Waals surface area contributed by atoms with Crippen LogP contribution in [-0.2, 0) is 0 Å². The van der Waals surface area contributed by atoms with Crippen molar-refractivity contribution in [1.82, 2.24) is 9.97 Å². The van der Waals surface area contributed by atoms with Gasteiger partial charge in [0.15, 0.2) is 5.58 Å². The zero-order valence-electron chi connectivity index (χ0n) is 9.33. The van der Waals surface area contributed by atoms with E-state index in [1.807, 2.05) is 30.3 Å². The largest absolute Gasteiger partial charge is 0.423 e. The zero-order chi connectivity index (χ0) is 12.4. The second-order valence-corrected chi connectivity index (χ2v) is 3.69. The lowest BCUT2D eigenvalue weighted by Crippen LogP contribution is -2.08. The summed E-state index contributed by atoms with van der Waals surface area (Å²) < 4.78 is 5.46. The Balaban J connectivity index is 2.06. The fourth-order valence-corrected chi connectivity index (χ4v) is 1.62. The van der Waals surface area contributed by atoms with Crippen LogP contribution >= 0.6 is 0 Å². The fourth-order valence-electron chi connectivity index (χ4n) is 1.62. The third kappa shape index (κ3) is 1.93. The molecule has 5 nitrogen and oxygen atoms in total. The monoisotopic (exact) mass is 239 g/mol. The molecule has 1 N–H and O–H groups in total.